The van der Waals surface area contributed by atoms with Gasteiger partial charge >= 0.3 is 6.18 Å². The van der Waals surface area contributed by atoms with Crippen LogP contribution in [0.2, 0.25) is 5.15 Å². The summed E-state index contributed by atoms with van der Waals surface area (Å²) >= 11 is 6.22. The average molecular weight is 462 g/mol. The lowest BCUT2D eigenvalue weighted by atomic mass is 10.0. The highest BCUT2D eigenvalue weighted by Crippen LogP contribution is 2.31. The van der Waals surface area contributed by atoms with Crippen molar-refractivity contribution in [2.45, 2.75) is 25.1 Å². The molecule has 1 aliphatic heterocycles. The Kier molecular flexibility index (Phi) is 6.06. The summed E-state index contributed by atoms with van der Waals surface area (Å²) in [5, 5.41) is 4.29. The summed E-state index contributed by atoms with van der Waals surface area (Å²) in [6, 6.07) is 12.6. The number of benzene rings is 2. The second kappa shape index (κ2) is 8.78. The predicted molar refractivity (Wildman–Crippen MR) is 114 cm³/mol. The zero-order chi connectivity index (χ0) is 22.9. The molecular weight excluding hydrogens is 443 g/mol. The molecule has 0 bridgehead atoms. The van der Waals surface area contributed by atoms with Crippen molar-refractivity contribution in [3.05, 3.63) is 76.6 Å². The first-order valence-corrected chi connectivity index (χ1v) is 10.4. The fourth-order valence-corrected chi connectivity index (χ4v) is 4.05. The summed E-state index contributed by atoms with van der Waals surface area (Å²) in [5.41, 5.74) is -0.535. The molecule has 2 heterocycles. The van der Waals surface area contributed by atoms with Crippen LogP contribution in [0, 0.1) is 0 Å². The Hall–Kier alpha value is -3.13. The number of hydrogen-bond donors (Lipinski definition) is 1. The number of hydrogen-bond acceptors (Lipinski definition) is 3. The highest BCUT2D eigenvalue weighted by Gasteiger charge is 2.32. The van der Waals surface area contributed by atoms with Crippen molar-refractivity contribution < 1.29 is 22.8 Å². The minimum atomic E-state index is -4.53. The second-order valence-electron chi connectivity index (χ2n) is 7.61. The molecule has 9 heteroatoms. The number of fused-ring (bicyclic) bond motifs is 1. The Morgan fingerprint density at radius 3 is 2.66 bits per heavy atom. The van der Waals surface area contributed by atoms with Crippen molar-refractivity contribution in [1.29, 1.82) is 0 Å². The third-order valence-corrected chi connectivity index (χ3v) is 5.71. The Labute approximate surface area is 187 Å². The van der Waals surface area contributed by atoms with Gasteiger partial charge in [-0.25, -0.2) is 4.98 Å². The summed E-state index contributed by atoms with van der Waals surface area (Å²) in [7, 11) is 0. The van der Waals surface area contributed by atoms with E-state index in [4.69, 9.17) is 11.6 Å². The van der Waals surface area contributed by atoms with Crippen LogP contribution >= 0.6 is 11.6 Å². The maximum absolute atomic E-state index is 13.2. The molecule has 4 rings (SSSR count). The van der Waals surface area contributed by atoms with Gasteiger partial charge in [0.05, 0.1) is 11.6 Å². The molecule has 1 atom stereocenters. The zero-order valence-corrected chi connectivity index (χ0v) is 17.6. The smallest absolute Gasteiger partial charge is 0.342 e. The largest absolute Gasteiger partial charge is 0.416 e. The van der Waals surface area contributed by atoms with Gasteiger partial charge in [0, 0.05) is 24.9 Å². The molecule has 32 heavy (non-hydrogen) atoms. The van der Waals surface area contributed by atoms with E-state index in [1.165, 1.54) is 12.1 Å². The molecule has 166 valence electrons. The molecule has 2 aromatic carbocycles. The maximum Gasteiger partial charge on any atom is 0.416 e. The van der Waals surface area contributed by atoms with Crippen molar-refractivity contribution in [3.8, 4) is 0 Å². The van der Waals surface area contributed by atoms with E-state index < -0.39 is 23.7 Å². The zero-order valence-electron chi connectivity index (χ0n) is 16.8. The van der Waals surface area contributed by atoms with Crippen molar-refractivity contribution in [1.82, 2.24) is 15.2 Å². The second-order valence-corrected chi connectivity index (χ2v) is 7.97. The fourth-order valence-electron chi connectivity index (χ4n) is 3.79. The van der Waals surface area contributed by atoms with E-state index in [9.17, 15) is 22.8 Å². The molecule has 0 saturated carbocycles. The van der Waals surface area contributed by atoms with E-state index >= 15 is 0 Å². The summed E-state index contributed by atoms with van der Waals surface area (Å²) in [4.78, 5) is 30.8. The van der Waals surface area contributed by atoms with Crippen molar-refractivity contribution in [3.63, 3.8) is 0 Å². The van der Waals surface area contributed by atoms with Gasteiger partial charge in [-0.05, 0) is 35.6 Å². The minimum absolute atomic E-state index is 0.0402. The van der Waals surface area contributed by atoms with E-state index in [1.54, 1.807) is 35.2 Å². The first kappa shape index (κ1) is 22.1. The van der Waals surface area contributed by atoms with Gasteiger partial charge in [0.25, 0.3) is 5.91 Å². The van der Waals surface area contributed by atoms with Crippen LogP contribution in [0.25, 0.3) is 10.8 Å². The average Bonchev–Trinajstić information content (AvgIpc) is 3.17. The van der Waals surface area contributed by atoms with Crippen LogP contribution in [0.4, 0.5) is 13.2 Å². The van der Waals surface area contributed by atoms with Crippen LogP contribution < -0.4 is 5.32 Å². The van der Waals surface area contributed by atoms with E-state index in [1.807, 2.05) is 0 Å². The number of rotatable bonds is 5. The van der Waals surface area contributed by atoms with E-state index in [0.29, 0.717) is 30.2 Å². The van der Waals surface area contributed by atoms with Crippen LogP contribution in [-0.2, 0) is 11.0 Å². The maximum atomic E-state index is 13.2. The van der Waals surface area contributed by atoms with Crippen LogP contribution in [0.3, 0.4) is 0 Å². The van der Waals surface area contributed by atoms with Crippen LogP contribution in [0.5, 0.6) is 0 Å². The normalized spacial score (nSPS) is 15.2. The number of nitrogens with one attached hydrogen (secondary N) is 1. The molecule has 1 saturated heterocycles. The van der Waals surface area contributed by atoms with E-state index in [2.05, 4.69) is 10.3 Å². The van der Waals surface area contributed by atoms with Gasteiger partial charge in [0.15, 0.2) is 0 Å². The highest BCUT2D eigenvalue weighted by atomic mass is 35.5. The number of nitrogens with zero attached hydrogens (tertiary/aromatic N) is 2. The van der Waals surface area contributed by atoms with Gasteiger partial charge in [-0.15, -0.1) is 0 Å². The first-order valence-electron chi connectivity index (χ1n) is 10.0. The Bertz CT molecular complexity index is 1180. The molecule has 1 fully saturated rings. The van der Waals surface area contributed by atoms with Gasteiger partial charge in [0.1, 0.15) is 10.8 Å². The molecule has 0 radical (unpaired) electrons. The third kappa shape index (κ3) is 4.70. The van der Waals surface area contributed by atoms with Gasteiger partial charge < -0.3 is 10.2 Å². The number of likely N-dealkylation sites (tertiary alicyclic amines) is 1. The summed E-state index contributed by atoms with van der Waals surface area (Å²) in [5.74, 6) is -0.685. The van der Waals surface area contributed by atoms with Crippen LogP contribution in [-0.4, -0.2) is 34.8 Å². The standard InChI is InChI=1S/C23H19ClF3N3O2/c24-21-17-8-2-1-5-14(17)12-18(28-21)22(32)29-19(13-30-10-4-9-20(30)31)15-6-3-7-16(11-15)23(25,26)27/h1-3,5-8,11-12,19H,4,9-10,13H2,(H,29,32). The van der Waals surface area contributed by atoms with Crippen molar-refractivity contribution in [2.24, 2.45) is 0 Å². The topological polar surface area (TPSA) is 62.3 Å². The molecule has 3 aromatic rings. The number of pyridine rings is 1. The lowest BCUT2D eigenvalue weighted by molar-refractivity contribution is -0.137. The molecule has 5 nitrogen and oxygen atoms in total. The van der Waals surface area contributed by atoms with Crippen LogP contribution in [0.1, 0.15) is 40.5 Å². The van der Waals surface area contributed by atoms with Crippen molar-refractivity contribution >= 4 is 34.2 Å². The monoisotopic (exact) mass is 461 g/mol. The first-order chi connectivity index (χ1) is 15.2. The Balaban J connectivity index is 1.66. The SMILES string of the molecule is O=C(NC(CN1CCCC1=O)c1cccc(C(F)(F)F)c1)c1cc2ccccc2c(Cl)n1. The summed E-state index contributed by atoms with van der Waals surface area (Å²) in [6.45, 7) is 0.553. The molecule has 2 amide bonds. The molecule has 0 spiro atoms. The van der Waals surface area contributed by atoms with E-state index in [-0.39, 0.29) is 28.9 Å². The quantitative estimate of drug-likeness (QED) is 0.544. The minimum Gasteiger partial charge on any atom is -0.342 e. The molecular formula is C23H19ClF3N3O2. The van der Waals surface area contributed by atoms with Gasteiger partial charge in [0.2, 0.25) is 5.91 Å². The highest BCUT2D eigenvalue weighted by molar-refractivity contribution is 6.34. The molecule has 1 aromatic heterocycles. The van der Waals surface area contributed by atoms with Crippen LogP contribution in [0.15, 0.2) is 54.6 Å². The predicted octanol–water partition coefficient (Wildman–Crippen LogP) is 5.00. The lowest BCUT2D eigenvalue weighted by Crippen LogP contribution is -2.39. The Morgan fingerprint density at radius 1 is 1.16 bits per heavy atom. The molecule has 0 aliphatic carbocycles. The number of aromatic nitrogens is 1. The molecule has 1 N–H and O–H groups in total. The fraction of sp³-hybridized carbons (Fsp3) is 0.261. The molecule has 1 unspecified atom stereocenters. The molecule has 1 aliphatic rings. The Morgan fingerprint density at radius 2 is 1.94 bits per heavy atom. The number of halogens is 4. The summed E-state index contributed by atoms with van der Waals surface area (Å²) < 4.78 is 39.7. The van der Waals surface area contributed by atoms with E-state index in [0.717, 1.165) is 12.1 Å². The van der Waals surface area contributed by atoms with Gasteiger partial charge in [-0.3, -0.25) is 9.59 Å². The van der Waals surface area contributed by atoms with Gasteiger partial charge in [-0.1, -0.05) is 48.0 Å². The third-order valence-electron chi connectivity index (χ3n) is 5.42. The lowest BCUT2D eigenvalue weighted by Gasteiger charge is -2.25. The number of carbonyl (C=O) groups is 2. The van der Waals surface area contributed by atoms with Crippen molar-refractivity contribution in [2.75, 3.05) is 13.1 Å². The summed E-state index contributed by atoms with van der Waals surface area (Å²) in [6.07, 6.45) is -3.48. The number of alkyl halides is 3. The van der Waals surface area contributed by atoms with Gasteiger partial charge in [-0.2, -0.15) is 13.2 Å². The number of amides is 2. The number of carbonyl (C=O) groups excluding carboxylic acids is 2.